The van der Waals surface area contributed by atoms with E-state index in [1.807, 2.05) is 0 Å². The summed E-state index contributed by atoms with van der Waals surface area (Å²) in [5.74, 6) is 0.395. The second kappa shape index (κ2) is 10.6. The molecule has 0 radical (unpaired) electrons. The van der Waals surface area contributed by atoms with Crippen molar-refractivity contribution in [2.45, 2.75) is 39.0 Å². The van der Waals surface area contributed by atoms with Crippen molar-refractivity contribution in [3.05, 3.63) is 168 Å². The molecule has 0 nitrogen and oxygen atoms in total. The average molecular weight is 639 g/mol. The van der Waals surface area contributed by atoms with Gasteiger partial charge in [-0.15, -0.1) is 0 Å². The normalized spacial score (nSPS) is 13.5. The molecular weight excluding hydrogens is 601 g/mol. The Morgan fingerprint density at radius 2 is 0.900 bits per heavy atom. The fraction of sp³-hybridized carbons (Fsp3) is 0.120. The fourth-order valence-electron chi connectivity index (χ4n) is 8.82. The highest BCUT2D eigenvalue weighted by atomic mass is 14.4. The van der Waals surface area contributed by atoms with Gasteiger partial charge in [0.2, 0.25) is 0 Å². The van der Waals surface area contributed by atoms with Crippen LogP contribution >= 0.6 is 0 Å². The van der Waals surface area contributed by atoms with Crippen molar-refractivity contribution < 1.29 is 0 Å². The summed E-state index contributed by atoms with van der Waals surface area (Å²) >= 11 is 0. The molecule has 0 heteroatoms. The van der Waals surface area contributed by atoms with E-state index in [0.29, 0.717) is 5.92 Å². The van der Waals surface area contributed by atoms with Gasteiger partial charge in [0.05, 0.1) is 0 Å². The highest BCUT2D eigenvalue weighted by molar-refractivity contribution is 6.19. The molecule has 0 amide bonds. The number of hydrogen-bond acceptors (Lipinski definition) is 0. The molecule has 0 saturated heterocycles. The summed E-state index contributed by atoms with van der Waals surface area (Å²) in [6.45, 7) is 9.40. The molecule has 0 N–H and O–H groups in total. The van der Waals surface area contributed by atoms with Crippen LogP contribution in [0.5, 0.6) is 0 Å². The van der Waals surface area contributed by atoms with Crippen LogP contribution in [-0.2, 0) is 5.41 Å². The Hall–Kier alpha value is -5.72. The average Bonchev–Trinajstić information content (AvgIpc) is 3.37. The summed E-state index contributed by atoms with van der Waals surface area (Å²) in [4.78, 5) is 0. The van der Waals surface area contributed by atoms with Gasteiger partial charge in [-0.05, 0) is 152 Å². The number of rotatable bonds is 3. The molecule has 0 atom stereocenters. The predicted molar refractivity (Wildman–Crippen MR) is 216 cm³/mol. The molecule has 9 aromatic rings. The van der Waals surface area contributed by atoms with Gasteiger partial charge in [-0.3, -0.25) is 0 Å². The molecule has 0 fully saturated rings. The molecule has 50 heavy (non-hydrogen) atoms. The lowest BCUT2D eigenvalue weighted by atomic mass is 9.81. The lowest BCUT2D eigenvalue weighted by Gasteiger charge is -2.22. The number of fused-ring (bicyclic) bond motifs is 10. The van der Waals surface area contributed by atoms with Crippen LogP contribution < -0.4 is 0 Å². The van der Waals surface area contributed by atoms with Gasteiger partial charge in [0, 0.05) is 5.41 Å². The summed E-state index contributed by atoms with van der Waals surface area (Å²) in [5.41, 5.74) is 12.0. The van der Waals surface area contributed by atoms with E-state index >= 15 is 0 Å². The standard InChI is InChI=1S/C50H38/c1-30(2)43-28-46-41(22-20-39-27-49-47(29-44(39)46)42-11-7-8-12-48(42)50(49,3)4)40-21-19-38(26-45(40)43)37-18-17-35-24-34(15-16-36(35)25-37)33-14-13-31-9-5-6-10-32(31)23-33/h5-30H,1-4H3. The molecule has 0 saturated carbocycles. The summed E-state index contributed by atoms with van der Waals surface area (Å²) in [5, 5.41) is 13.1. The van der Waals surface area contributed by atoms with Crippen LogP contribution in [0.25, 0.3) is 87.2 Å². The van der Waals surface area contributed by atoms with Crippen LogP contribution in [0.1, 0.15) is 50.3 Å². The Morgan fingerprint density at radius 3 is 1.62 bits per heavy atom. The van der Waals surface area contributed by atoms with Gasteiger partial charge < -0.3 is 0 Å². The topological polar surface area (TPSA) is 0 Å². The van der Waals surface area contributed by atoms with Crippen LogP contribution in [0.15, 0.2) is 152 Å². The van der Waals surface area contributed by atoms with Crippen molar-refractivity contribution in [1.29, 1.82) is 0 Å². The summed E-state index contributed by atoms with van der Waals surface area (Å²) in [6, 6.07) is 57.3. The third-order valence-corrected chi connectivity index (χ3v) is 11.6. The second-order valence-corrected chi connectivity index (χ2v) is 15.2. The second-order valence-electron chi connectivity index (χ2n) is 15.2. The quantitative estimate of drug-likeness (QED) is 0.169. The summed E-state index contributed by atoms with van der Waals surface area (Å²) in [7, 11) is 0. The minimum atomic E-state index is 0.000232. The Bertz CT molecular complexity index is 2860. The van der Waals surface area contributed by atoms with E-state index in [1.54, 1.807) is 0 Å². The van der Waals surface area contributed by atoms with Crippen molar-refractivity contribution in [1.82, 2.24) is 0 Å². The summed E-state index contributed by atoms with van der Waals surface area (Å²) < 4.78 is 0. The molecule has 238 valence electrons. The van der Waals surface area contributed by atoms with E-state index in [9.17, 15) is 0 Å². The van der Waals surface area contributed by atoms with Crippen LogP contribution in [0, 0.1) is 0 Å². The SMILES string of the molecule is CC(C)c1cc2c3cc4c(cc3ccc2c2ccc(-c3ccc5cc(-c6ccc7ccccc7c6)ccc5c3)cc12)C(C)(C)c1ccccc1-4. The number of hydrogen-bond donors (Lipinski definition) is 0. The molecule has 0 spiro atoms. The van der Waals surface area contributed by atoms with Gasteiger partial charge in [-0.2, -0.15) is 0 Å². The lowest BCUT2D eigenvalue weighted by Crippen LogP contribution is -2.14. The first-order chi connectivity index (χ1) is 24.3. The van der Waals surface area contributed by atoms with Gasteiger partial charge >= 0.3 is 0 Å². The van der Waals surface area contributed by atoms with E-state index in [1.165, 1.54) is 104 Å². The zero-order valence-electron chi connectivity index (χ0n) is 29.0. The first-order valence-corrected chi connectivity index (χ1v) is 17.9. The first kappa shape index (κ1) is 29.2. The van der Waals surface area contributed by atoms with E-state index in [0.717, 1.165) is 0 Å². The molecule has 0 bridgehead atoms. The van der Waals surface area contributed by atoms with Crippen LogP contribution in [-0.4, -0.2) is 0 Å². The largest absolute Gasteiger partial charge is 0.0619 e. The van der Waals surface area contributed by atoms with Crippen molar-refractivity contribution in [3.8, 4) is 33.4 Å². The Labute approximate surface area is 293 Å². The van der Waals surface area contributed by atoms with Crippen LogP contribution in [0.3, 0.4) is 0 Å². The lowest BCUT2D eigenvalue weighted by molar-refractivity contribution is 0.661. The van der Waals surface area contributed by atoms with Gasteiger partial charge in [0.1, 0.15) is 0 Å². The highest BCUT2D eigenvalue weighted by Gasteiger charge is 2.35. The molecule has 1 aliphatic carbocycles. The molecule has 0 heterocycles. The molecule has 9 aromatic carbocycles. The number of benzene rings is 9. The van der Waals surface area contributed by atoms with E-state index in [2.05, 4.69) is 179 Å². The zero-order valence-corrected chi connectivity index (χ0v) is 29.0. The third kappa shape index (κ3) is 4.31. The van der Waals surface area contributed by atoms with Crippen molar-refractivity contribution >= 4 is 53.9 Å². The first-order valence-electron chi connectivity index (χ1n) is 17.9. The maximum Gasteiger partial charge on any atom is 0.0159 e. The highest BCUT2D eigenvalue weighted by Crippen LogP contribution is 2.50. The van der Waals surface area contributed by atoms with E-state index < -0.39 is 0 Å². The van der Waals surface area contributed by atoms with E-state index in [-0.39, 0.29) is 5.41 Å². The van der Waals surface area contributed by atoms with Gasteiger partial charge in [-0.1, -0.05) is 137 Å². The summed E-state index contributed by atoms with van der Waals surface area (Å²) in [6.07, 6.45) is 0. The molecular formula is C50H38. The molecule has 1 aliphatic rings. The van der Waals surface area contributed by atoms with Gasteiger partial charge in [0.15, 0.2) is 0 Å². The zero-order chi connectivity index (χ0) is 33.7. The van der Waals surface area contributed by atoms with Gasteiger partial charge in [0.25, 0.3) is 0 Å². The third-order valence-electron chi connectivity index (χ3n) is 11.6. The van der Waals surface area contributed by atoms with Crippen molar-refractivity contribution in [2.24, 2.45) is 0 Å². The monoisotopic (exact) mass is 638 g/mol. The Morgan fingerprint density at radius 1 is 0.360 bits per heavy atom. The minimum Gasteiger partial charge on any atom is -0.0619 e. The maximum absolute atomic E-state index is 2.49. The van der Waals surface area contributed by atoms with Gasteiger partial charge in [-0.25, -0.2) is 0 Å². The molecule has 0 aliphatic heterocycles. The molecule has 0 unspecified atom stereocenters. The van der Waals surface area contributed by atoms with Crippen molar-refractivity contribution in [3.63, 3.8) is 0 Å². The van der Waals surface area contributed by atoms with Crippen LogP contribution in [0.4, 0.5) is 0 Å². The Balaban J connectivity index is 1.09. The molecule has 10 rings (SSSR count). The van der Waals surface area contributed by atoms with Crippen LogP contribution in [0.2, 0.25) is 0 Å². The van der Waals surface area contributed by atoms with Crippen molar-refractivity contribution in [2.75, 3.05) is 0 Å². The van der Waals surface area contributed by atoms with E-state index in [4.69, 9.17) is 0 Å². The fourth-order valence-corrected chi connectivity index (χ4v) is 8.82. The maximum atomic E-state index is 2.49. The Kier molecular flexibility index (Phi) is 6.22. The minimum absolute atomic E-state index is 0.000232. The predicted octanol–water partition coefficient (Wildman–Crippen LogP) is 14.2. The molecule has 0 aromatic heterocycles. The smallest absolute Gasteiger partial charge is 0.0159 e.